The third-order valence-corrected chi connectivity index (χ3v) is 6.43. The number of nitrogen functional groups attached to an aromatic ring is 1. The number of nitrogens with zero attached hydrogens (tertiary/aromatic N) is 5. The van der Waals surface area contributed by atoms with Gasteiger partial charge in [0.25, 0.3) is 0 Å². The zero-order chi connectivity index (χ0) is 23.8. The van der Waals surface area contributed by atoms with Gasteiger partial charge in [-0.15, -0.1) is 0 Å². The number of hydrogen-bond donors (Lipinski definition) is 2. The summed E-state index contributed by atoms with van der Waals surface area (Å²) in [6.07, 6.45) is 2.38. The van der Waals surface area contributed by atoms with E-state index in [1.807, 2.05) is 6.07 Å². The lowest BCUT2D eigenvalue weighted by Crippen LogP contribution is -2.15. The lowest BCUT2D eigenvalue weighted by atomic mass is 10.0. The molecule has 0 aliphatic rings. The summed E-state index contributed by atoms with van der Waals surface area (Å²) < 4.78 is 25.0. The molecule has 2 aromatic heterocycles. The van der Waals surface area contributed by atoms with Gasteiger partial charge in [-0.3, -0.25) is 0 Å². The summed E-state index contributed by atoms with van der Waals surface area (Å²) >= 11 is 6.36. The number of benzene rings is 2. The predicted octanol–water partition coefficient (Wildman–Crippen LogP) is 3.77. The zero-order valence-electron chi connectivity index (χ0n) is 17.6. The van der Waals surface area contributed by atoms with E-state index in [4.69, 9.17) is 27.3 Å². The van der Waals surface area contributed by atoms with Crippen LogP contribution in [0.3, 0.4) is 0 Å². The maximum Gasteiger partial charge on any atom is 0.176 e. The zero-order valence-corrected chi connectivity index (χ0v) is 19.2. The minimum Gasteiger partial charge on any atom is -0.382 e. The van der Waals surface area contributed by atoms with Crippen molar-refractivity contribution in [2.24, 2.45) is 0 Å². The van der Waals surface area contributed by atoms with Crippen LogP contribution in [0.4, 0.5) is 11.6 Å². The number of anilines is 2. The van der Waals surface area contributed by atoms with Crippen molar-refractivity contribution in [1.82, 2.24) is 19.9 Å². The summed E-state index contributed by atoms with van der Waals surface area (Å²) in [6.45, 7) is 1.80. The van der Waals surface area contributed by atoms with Crippen molar-refractivity contribution < 1.29 is 8.42 Å². The van der Waals surface area contributed by atoms with E-state index < -0.39 is 15.9 Å². The lowest BCUT2D eigenvalue weighted by molar-refractivity contribution is 0.602. The molecule has 0 aliphatic carbocycles. The van der Waals surface area contributed by atoms with Crippen molar-refractivity contribution in [2.45, 2.75) is 17.9 Å². The average molecular weight is 480 g/mol. The fraction of sp³-hybridized carbons (Fsp3) is 0.136. The number of halogens is 1. The maximum absolute atomic E-state index is 12.5. The molecule has 0 bridgehead atoms. The number of hydrogen-bond acceptors (Lipinski definition) is 9. The standard InChI is InChI=1S/C22H18ClN7O2S/c1-12(28-22-14(10-24)21(25)26-11-27-22)18-19(13-6-3-4-9-17(13)33(2,31)32)30-20-15(23)7-5-8-16(20)29-18/h3-9,11-12H,1-2H3,(H3,25,26,27,28)/t12-/m0/s1. The van der Waals surface area contributed by atoms with Gasteiger partial charge in [0.2, 0.25) is 0 Å². The van der Waals surface area contributed by atoms with Gasteiger partial charge in [-0.05, 0) is 25.1 Å². The van der Waals surface area contributed by atoms with Gasteiger partial charge in [0.1, 0.15) is 35.1 Å². The van der Waals surface area contributed by atoms with Gasteiger partial charge < -0.3 is 11.1 Å². The van der Waals surface area contributed by atoms with Crippen molar-refractivity contribution >= 4 is 44.1 Å². The van der Waals surface area contributed by atoms with Gasteiger partial charge in [0.05, 0.1) is 32.9 Å². The molecule has 0 spiro atoms. The van der Waals surface area contributed by atoms with Gasteiger partial charge >= 0.3 is 0 Å². The van der Waals surface area contributed by atoms with Crippen LogP contribution in [0.25, 0.3) is 22.3 Å². The second-order valence-corrected chi connectivity index (χ2v) is 9.69. The number of rotatable bonds is 5. The molecular formula is C22H18ClN7O2S. The molecule has 0 saturated carbocycles. The van der Waals surface area contributed by atoms with E-state index in [-0.39, 0.29) is 22.1 Å². The Bertz CT molecular complexity index is 1530. The maximum atomic E-state index is 12.5. The highest BCUT2D eigenvalue weighted by molar-refractivity contribution is 7.90. The van der Waals surface area contributed by atoms with Crippen LogP contribution >= 0.6 is 11.6 Å². The number of aromatic nitrogens is 4. The molecule has 0 saturated heterocycles. The smallest absolute Gasteiger partial charge is 0.176 e. The Morgan fingerprint density at radius 1 is 1.12 bits per heavy atom. The van der Waals surface area contributed by atoms with Crippen LogP contribution in [0, 0.1) is 11.3 Å². The number of fused-ring (bicyclic) bond motifs is 1. The largest absolute Gasteiger partial charge is 0.382 e. The Morgan fingerprint density at radius 2 is 1.88 bits per heavy atom. The molecule has 0 radical (unpaired) electrons. The Kier molecular flexibility index (Phi) is 5.84. The van der Waals surface area contributed by atoms with Crippen LogP contribution in [0.5, 0.6) is 0 Å². The summed E-state index contributed by atoms with van der Waals surface area (Å²) in [5.74, 6) is 0.272. The molecule has 9 nitrogen and oxygen atoms in total. The van der Waals surface area contributed by atoms with E-state index in [2.05, 4.69) is 15.3 Å². The molecule has 0 aliphatic heterocycles. The van der Waals surface area contributed by atoms with Crippen LogP contribution in [0.2, 0.25) is 5.02 Å². The SMILES string of the molecule is C[C@H](Nc1ncnc(N)c1C#N)c1nc2cccc(Cl)c2nc1-c1ccccc1S(C)(=O)=O. The number of nitrogens with two attached hydrogens (primary N) is 1. The van der Waals surface area contributed by atoms with Gasteiger partial charge in [-0.2, -0.15) is 5.26 Å². The predicted molar refractivity (Wildman–Crippen MR) is 126 cm³/mol. The Hall–Kier alpha value is -3.81. The summed E-state index contributed by atoms with van der Waals surface area (Å²) in [5, 5.41) is 13.0. The van der Waals surface area contributed by atoms with Crippen molar-refractivity contribution in [3.8, 4) is 17.3 Å². The fourth-order valence-electron chi connectivity index (χ4n) is 3.43. The van der Waals surface area contributed by atoms with Gasteiger partial charge in [-0.1, -0.05) is 35.9 Å². The molecule has 2 heterocycles. The van der Waals surface area contributed by atoms with Gasteiger partial charge in [0.15, 0.2) is 9.84 Å². The van der Waals surface area contributed by atoms with Crippen LogP contribution < -0.4 is 11.1 Å². The minimum absolute atomic E-state index is 0.0428. The quantitative estimate of drug-likeness (QED) is 0.436. The van der Waals surface area contributed by atoms with Crippen LogP contribution in [-0.2, 0) is 9.84 Å². The number of nitriles is 1. The summed E-state index contributed by atoms with van der Waals surface area (Å²) in [7, 11) is -3.56. The highest BCUT2D eigenvalue weighted by Crippen LogP contribution is 2.34. The Balaban J connectivity index is 1.96. The molecular weight excluding hydrogens is 462 g/mol. The van der Waals surface area contributed by atoms with Gasteiger partial charge in [0, 0.05) is 11.8 Å². The molecule has 11 heteroatoms. The topological polar surface area (TPSA) is 148 Å². The molecule has 2 aromatic carbocycles. The highest BCUT2D eigenvalue weighted by Gasteiger charge is 2.24. The number of nitrogens with one attached hydrogen (secondary N) is 1. The molecule has 0 amide bonds. The molecule has 1 atom stereocenters. The first-order chi connectivity index (χ1) is 15.7. The highest BCUT2D eigenvalue weighted by atomic mass is 35.5. The van der Waals surface area contributed by atoms with Crippen molar-refractivity contribution in [3.05, 3.63) is 65.1 Å². The van der Waals surface area contributed by atoms with E-state index in [0.29, 0.717) is 33.0 Å². The van der Waals surface area contributed by atoms with E-state index in [1.54, 1.807) is 43.3 Å². The monoisotopic (exact) mass is 479 g/mol. The molecule has 166 valence electrons. The lowest BCUT2D eigenvalue weighted by Gasteiger charge is -2.20. The summed E-state index contributed by atoms with van der Waals surface area (Å²) in [6, 6.07) is 13.2. The molecule has 4 aromatic rings. The number of sulfone groups is 1. The van der Waals surface area contributed by atoms with Crippen molar-refractivity contribution in [3.63, 3.8) is 0 Å². The van der Waals surface area contributed by atoms with Crippen LogP contribution in [0.1, 0.15) is 24.2 Å². The Morgan fingerprint density at radius 3 is 2.61 bits per heavy atom. The molecule has 33 heavy (non-hydrogen) atoms. The molecule has 3 N–H and O–H groups in total. The van der Waals surface area contributed by atoms with E-state index in [0.717, 1.165) is 6.26 Å². The van der Waals surface area contributed by atoms with Crippen molar-refractivity contribution in [2.75, 3.05) is 17.3 Å². The van der Waals surface area contributed by atoms with E-state index >= 15 is 0 Å². The first-order valence-electron chi connectivity index (χ1n) is 9.73. The summed E-state index contributed by atoms with van der Waals surface area (Å²) in [5.41, 5.74) is 8.06. The second kappa shape index (κ2) is 8.61. The molecule has 0 fully saturated rings. The fourth-order valence-corrected chi connectivity index (χ4v) is 4.54. The molecule has 4 rings (SSSR count). The first-order valence-corrected chi connectivity index (χ1v) is 12.0. The third-order valence-electron chi connectivity index (χ3n) is 4.97. The number of para-hydroxylation sites is 1. The second-order valence-electron chi connectivity index (χ2n) is 7.29. The van der Waals surface area contributed by atoms with E-state index in [1.165, 1.54) is 12.4 Å². The van der Waals surface area contributed by atoms with Crippen LogP contribution in [-0.4, -0.2) is 34.6 Å². The van der Waals surface area contributed by atoms with Gasteiger partial charge in [-0.25, -0.2) is 28.4 Å². The van der Waals surface area contributed by atoms with E-state index in [9.17, 15) is 13.7 Å². The van der Waals surface area contributed by atoms with Crippen molar-refractivity contribution in [1.29, 1.82) is 5.26 Å². The van der Waals surface area contributed by atoms with Crippen LogP contribution in [0.15, 0.2) is 53.7 Å². The first kappa shape index (κ1) is 22.4. The third kappa shape index (κ3) is 4.28. The molecule has 0 unspecified atom stereocenters. The normalized spacial score (nSPS) is 12.3. The Labute approximate surface area is 195 Å². The summed E-state index contributed by atoms with van der Waals surface area (Å²) in [4.78, 5) is 17.5. The minimum atomic E-state index is -3.56. The average Bonchev–Trinajstić information content (AvgIpc) is 2.78.